The van der Waals surface area contributed by atoms with Crippen LogP contribution in [0.5, 0.6) is 11.5 Å². The van der Waals surface area contributed by atoms with Crippen molar-refractivity contribution >= 4 is 5.91 Å². The van der Waals surface area contributed by atoms with E-state index in [2.05, 4.69) is 5.43 Å². The molecule has 5 heteroatoms. The maximum atomic E-state index is 10.9. The lowest BCUT2D eigenvalue weighted by Crippen LogP contribution is -2.30. The van der Waals surface area contributed by atoms with Crippen LogP contribution < -0.4 is 20.7 Å². The maximum absolute atomic E-state index is 10.9. The second kappa shape index (κ2) is 6.75. The van der Waals surface area contributed by atoms with Crippen molar-refractivity contribution in [3.63, 3.8) is 0 Å². The number of hydrogen-bond donors (Lipinski definition) is 2. The predicted molar refractivity (Wildman–Crippen MR) is 64.6 cm³/mol. The Hall–Kier alpha value is -1.75. The van der Waals surface area contributed by atoms with E-state index >= 15 is 0 Å². The third-order valence-electron chi connectivity index (χ3n) is 2.34. The van der Waals surface area contributed by atoms with Gasteiger partial charge in [0.05, 0.1) is 13.2 Å². The van der Waals surface area contributed by atoms with Crippen molar-refractivity contribution in [1.29, 1.82) is 0 Å². The van der Waals surface area contributed by atoms with E-state index in [9.17, 15) is 4.79 Å². The van der Waals surface area contributed by atoms with Gasteiger partial charge >= 0.3 is 0 Å². The molecule has 94 valence electrons. The molecule has 0 aliphatic rings. The number of hydrogen-bond acceptors (Lipinski definition) is 4. The molecule has 1 aromatic rings. The summed E-state index contributed by atoms with van der Waals surface area (Å²) >= 11 is 0. The molecule has 0 aliphatic heterocycles. The fourth-order valence-electron chi connectivity index (χ4n) is 1.35. The summed E-state index contributed by atoms with van der Waals surface area (Å²) in [5.74, 6) is 6.34. The van der Waals surface area contributed by atoms with E-state index in [-0.39, 0.29) is 12.0 Å². The second-order valence-electron chi connectivity index (χ2n) is 3.71. The molecule has 0 saturated carbocycles. The zero-order chi connectivity index (χ0) is 12.7. The molecular formula is C12H18N2O3. The molecule has 0 fully saturated rings. The van der Waals surface area contributed by atoms with Gasteiger partial charge in [0, 0.05) is 6.42 Å². The van der Waals surface area contributed by atoms with E-state index in [1.165, 1.54) is 0 Å². The fourth-order valence-corrected chi connectivity index (χ4v) is 1.35. The normalized spacial score (nSPS) is 11.7. The molecule has 0 aromatic heterocycles. The number of carbonyl (C=O) groups excluding carboxylic acids is 1. The molecule has 0 aliphatic carbocycles. The molecular weight excluding hydrogens is 220 g/mol. The van der Waals surface area contributed by atoms with Crippen LogP contribution in [0.4, 0.5) is 0 Å². The lowest BCUT2D eigenvalue weighted by molar-refractivity contribution is -0.121. The van der Waals surface area contributed by atoms with E-state index in [0.29, 0.717) is 12.8 Å². The quantitative estimate of drug-likeness (QED) is 0.444. The molecule has 3 N–H and O–H groups in total. The number of amides is 1. The van der Waals surface area contributed by atoms with Crippen molar-refractivity contribution in [2.24, 2.45) is 5.84 Å². The number of carbonyl (C=O) groups is 1. The van der Waals surface area contributed by atoms with Gasteiger partial charge in [-0.2, -0.15) is 0 Å². The molecule has 1 unspecified atom stereocenters. The molecule has 0 spiro atoms. The highest BCUT2D eigenvalue weighted by Crippen LogP contribution is 2.19. The Morgan fingerprint density at radius 1 is 1.35 bits per heavy atom. The summed E-state index contributed by atoms with van der Waals surface area (Å²) < 4.78 is 10.7. The Kier molecular flexibility index (Phi) is 5.29. The van der Waals surface area contributed by atoms with Crippen molar-refractivity contribution in [3.8, 4) is 11.5 Å². The first kappa shape index (κ1) is 13.3. The Balaban J connectivity index is 2.39. The van der Waals surface area contributed by atoms with E-state index < -0.39 is 0 Å². The van der Waals surface area contributed by atoms with Crippen LogP contribution in [0, 0.1) is 0 Å². The second-order valence-corrected chi connectivity index (χ2v) is 3.71. The van der Waals surface area contributed by atoms with Crippen molar-refractivity contribution in [1.82, 2.24) is 5.43 Å². The summed E-state index contributed by atoms with van der Waals surface area (Å²) in [5, 5.41) is 0. The van der Waals surface area contributed by atoms with Crippen LogP contribution in [-0.2, 0) is 4.79 Å². The third-order valence-corrected chi connectivity index (χ3v) is 2.34. The molecule has 17 heavy (non-hydrogen) atoms. The Bertz CT molecular complexity index is 351. The summed E-state index contributed by atoms with van der Waals surface area (Å²) in [6, 6.07) is 7.32. The van der Waals surface area contributed by atoms with Crippen LogP contribution >= 0.6 is 0 Å². The summed E-state index contributed by atoms with van der Waals surface area (Å²) in [4.78, 5) is 10.9. The van der Waals surface area contributed by atoms with Gasteiger partial charge < -0.3 is 9.47 Å². The largest absolute Gasteiger partial charge is 0.497 e. The van der Waals surface area contributed by atoms with Crippen molar-refractivity contribution in [2.45, 2.75) is 25.9 Å². The number of rotatable bonds is 6. The highest BCUT2D eigenvalue weighted by molar-refractivity contribution is 5.75. The zero-order valence-corrected chi connectivity index (χ0v) is 10.1. The van der Waals surface area contributed by atoms with Gasteiger partial charge in [0.1, 0.15) is 11.5 Å². The molecule has 0 saturated heterocycles. The van der Waals surface area contributed by atoms with Gasteiger partial charge in [0.15, 0.2) is 0 Å². The van der Waals surface area contributed by atoms with Gasteiger partial charge in [0.25, 0.3) is 0 Å². The number of nitrogens with one attached hydrogen (secondary N) is 1. The van der Waals surface area contributed by atoms with Gasteiger partial charge in [-0.3, -0.25) is 10.2 Å². The SMILES string of the molecule is COc1ccc(OC(C)CCC(=O)NN)cc1. The molecule has 0 bridgehead atoms. The van der Waals surface area contributed by atoms with Crippen LogP contribution in [0.1, 0.15) is 19.8 Å². The maximum Gasteiger partial charge on any atom is 0.234 e. The highest BCUT2D eigenvalue weighted by atomic mass is 16.5. The Morgan fingerprint density at radius 2 is 1.94 bits per heavy atom. The molecule has 1 atom stereocenters. The molecule has 1 rings (SSSR count). The smallest absolute Gasteiger partial charge is 0.234 e. The van der Waals surface area contributed by atoms with Crippen molar-refractivity contribution in [2.75, 3.05) is 7.11 Å². The van der Waals surface area contributed by atoms with Gasteiger partial charge in [-0.05, 0) is 37.6 Å². The van der Waals surface area contributed by atoms with Crippen LogP contribution in [-0.4, -0.2) is 19.1 Å². The average Bonchev–Trinajstić information content (AvgIpc) is 2.36. The number of nitrogens with two attached hydrogens (primary N) is 1. The number of methoxy groups -OCH3 is 1. The molecule has 0 heterocycles. The molecule has 0 radical (unpaired) electrons. The molecule has 1 amide bonds. The molecule has 5 nitrogen and oxygen atoms in total. The van der Waals surface area contributed by atoms with Gasteiger partial charge in [0.2, 0.25) is 5.91 Å². The van der Waals surface area contributed by atoms with E-state index in [1.807, 2.05) is 31.2 Å². The lowest BCUT2D eigenvalue weighted by atomic mass is 10.2. The first-order valence-corrected chi connectivity index (χ1v) is 5.46. The number of benzene rings is 1. The summed E-state index contributed by atoms with van der Waals surface area (Å²) in [6.07, 6.45) is 0.934. The fraction of sp³-hybridized carbons (Fsp3) is 0.417. The standard InChI is InChI=1S/C12H18N2O3/c1-9(3-8-12(15)14-13)17-11-6-4-10(16-2)5-7-11/h4-7,9H,3,8,13H2,1-2H3,(H,14,15). The molecule has 1 aromatic carbocycles. The number of hydrazine groups is 1. The predicted octanol–water partition coefficient (Wildman–Crippen LogP) is 1.23. The Morgan fingerprint density at radius 3 is 2.47 bits per heavy atom. The van der Waals surface area contributed by atoms with E-state index in [4.69, 9.17) is 15.3 Å². The van der Waals surface area contributed by atoms with Crippen molar-refractivity contribution in [3.05, 3.63) is 24.3 Å². The van der Waals surface area contributed by atoms with E-state index in [1.54, 1.807) is 7.11 Å². The Labute approximate surface area is 101 Å². The average molecular weight is 238 g/mol. The van der Waals surface area contributed by atoms with Crippen LogP contribution in [0.2, 0.25) is 0 Å². The first-order chi connectivity index (χ1) is 8.15. The minimum atomic E-state index is -0.185. The zero-order valence-electron chi connectivity index (χ0n) is 10.1. The minimum absolute atomic E-state index is 0.0410. The van der Waals surface area contributed by atoms with Crippen LogP contribution in [0.15, 0.2) is 24.3 Å². The van der Waals surface area contributed by atoms with Gasteiger partial charge in [-0.1, -0.05) is 0 Å². The highest BCUT2D eigenvalue weighted by Gasteiger charge is 2.07. The van der Waals surface area contributed by atoms with Crippen molar-refractivity contribution < 1.29 is 14.3 Å². The summed E-state index contributed by atoms with van der Waals surface area (Å²) in [5.41, 5.74) is 2.09. The summed E-state index contributed by atoms with van der Waals surface area (Å²) in [6.45, 7) is 1.91. The van der Waals surface area contributed by atoms with Crippen LogP contribution in [0.3, 0.4) is 0 Å². The lowest BCUT2D eigenvalue weighted by Gasteiger charge is -2.14. The monoisotopic (exact) mass is 238 g/mol. The number of ether oxygens (including phenoxy) is 2. The summed E-state index contributed by atoms with van der Waals surface area (Å²) in [7, 11) is 1.61. The van der Waals surface area contributed by atoms with Crippen LogP contribution in [0.25, 0.3) is 0 Å². The minimum Gasteiger partial charge on any atom is -0.497 e. The van der Waals surface area contributed by atoms with Gasteiger partial charge in [-0.25, -0.2) is 5.84 Å². The topological polar surface area (TPSA) is 73.6 Å². The third kappa shape index (κ3) is 4.74. The van der Waals surface area contributed by atoms with Gasteiger partial charge in [-0.15, -0.1) is 0 Å². The first-order valence-electron chi connectivity index (χ1n) is 5.46. The van der Waals surface area contributed by atoms with E-state index in [0.717, 1.165) is 11.5 Å².